The Morgan fingerprint density at radius 3 is 2.44 bits per heavy atom. The summed E-state index contributed by atoms with van der Waals surface area (Å²) in [5.74, 6) is -0.562. The van der Waals surface area contributed by atoms with Crippen LogP contribution < -0.4 is 16.0 Å². The Balaban J connectivity index is 2.69. The van der Waals surface area contributed by atoms with Crippen molar-refractivity contribution in [1.82, 2.24) is 9.97 Å². The Hall–Kier alpha value is -1.77. The van der Waals surface area contributed by atoms with Crippen LogP contribution in [0.4, 0.5) is 13.2 Å². The predicted molar refractivity (Wildman–Crippen MR) is 59.6 cm³/mol. The van der Waals surface area contributed by atoms with Gasteiger partial charge >= 0.3 is 12.1 Å². The number of nitrogens with one attached hydrogen (secondary N) is 2. The van der Waals surface area contributed by atoms with Crippen LogP contribution in [0.25, 0.3) is 10.9 Å². The van der Waals surface area contributed by atoms with Crippen molar-refractivity contribution in [1.29, 1.82) is 0 Å². The van der Waals surface area contributed by atoms with Crippen LogP contribution in [-0.4, -0.2) is 16.3 Å². The van der Waals surface area contributed by atoms with Gasteiger partial charge in [-0.1, -0.05) is 0 Å². The summed E-state index contributed by atoms with van der Waals surface area (Å²) < 4.78 is 40.0. The fraction of sp³-hybridized carbons (Fsp3) is 0.111. The molecule has 0 fully saturated rings. The summed E-state index contributed by atoms with van der Waals surface area (Å²) in [6.07, 6.45) is -4.87. The molecule has 2 aromatic rings. The van der Waals surface area contributed by atoms with Crippen molar-refractivity contribution < 1.29 is 17.9 Å². The van der Waals surface area contributed by atoms with Gasteiger partial charge in [-0.05, 0) is 28.1 Å². The molecule has 1 aromatic carbocycles. The molecular formula is C9H4BrF3N2O3. The fourth-order valence-electron chi connectivity index (χ4n) is 1.37. The maximum absolute atomic E-state index is 12.1. The van der Waals surface area contributed by atoms with Crippen LogP contribution in [0.3, 0.4) is 0 Å². The van der Waals surface area contributed by atoms with Gasteiger partial charge in [0.05, 0.1) is 15.4 Å². The van der Waals surface area contributed by atoms with Crippen LogP contribution in [0.2, 0.25) is 0 Å². The van der Waals surface area contributed by atoms with E-state index in [4.69, 9.17) is 0 Å². The lowest BCUT2D eigenvalue weighted by Crippen LogP contribution is -2.22. The van der Waals surface area contributed by atoms with Crippen molar-refractivity contribution in [2.45, 2.75) is 6.36 Å². The lowest BCUT2D eigenvalue weighted by Gasteiger charge is -2.11. The number of fused-ring (bicyclic) bond motifs is 1. The second kappa shape index (κ2) is 4.16. The Labute approximate surface area is 105 Å². The van der Waals surface area contributed by atoms with E-state index in [0.29, 0.717) is 0 Å². The summed E-state index contributed by atoms with van der Waals surface area (Å²) in [7, 11) is 0. The van der Waals surface area contributed by atoms with Crippen molar-refractivity contribution in [2.24, 2.45) is 0 Å². The van der Waals surface area contributed by atoms with Crippen LogP contribution in [0.1, 0.15) is 0 Å². The van der Waals surface area contributed by atoms with E-state index in [1.165, 1.54) is 0 Å². The number of halogens is 4. The molecule has 0 bridgehead atoms. The summed E-state index contributed by atoms with van der Waals surface area (Å²) >= 11 is 2.86. The van der Waals surface area contributed by atoms with Gasteiger partial charge in [0.2, 0.25) is 0 Å². The number of ether oxygens (including phenoxy) is 1. The number of H-pyrrole nitrogens is 2. The maximum atomic E-state index is 12.1. The maximum Gasteiger partial charge on any atom is 0.573 e. The van der Waals surface area contributed by atoms with Gasteiger partial charge in [0.15, 0.2) is 0 Å². The van der Waals surface area contributed by atoms with Crippen molar-refractivity contribution in [2.75, 3.05) is 0 Å². The fourth-order valence-corrected chi connectivity index (χ4v) is 1.80. The minimum atomic E-state index is -4.87. The first-order valence-electron chi connectivity index (χ1n) is 4.48. The molecule has 18 heavy (non-hydrogen) atoms. The first kappa shape index (κ1) is 12.7. The highest BCUT2D eigenvalue weighted by atomic mass is 79.9. The molecule has 1 aromatic heterocycles. The van der Waals surface area contributed by atoms with Gasteiger partial charge in [-0.15, -0.1) is 13.2 Å². The van der Waals surface area contributed by atoms with Crippen molar-refractivity contribution in [3.63, 3.8) is 0 Å². The number of aromatic nitrogens is 2. The van der Waals surface area contributed by atoms with Crippen LogP contribution in [0.5, 0.6) is 5.75 Å². The van der Waals surface area contributed by atoms with Gasteiger partial charge in [-0.3, -0.25) is 9.78 Å². The van der Waals surface area contributed by atoms with Gasteiger partial charge in [-0.25, -0.2) is 4.79 Å². The van der Waals surface area contributed by atoms with E-state index in [-0.39, 0.29) is 15.4 Å². The molecule has 2 rings (SSSR count). The lowest BCUT2D eigenvalue weighted by molar-refractivity contribution is -0.274. The van der Waals surface area contributed by atoms with Gasteiger partial charge in [0.1, 0.15) is 5.75 Å². The summed E-state index contributed by atoms with van der Waals surface area (Å²) in [6, 6.07) is 2.05. The molecule has 0 unspecified atom stereocenters. The highest BCUT2D eigenvalue weighted by Crippen LogP contribution is 2.32. The third-order valence-corrected chi connectivity index (χ3v) is 2.64. The molecule has 0 atom stereocenters. The topological polar surface area (TPSA) is 74.9 Å². The molecule has 9 heteroatoms. The predicted octanol–water partition coefficient (Wildman–Crippen LogP) is 1.88. The quantitative estimate of drug-likeness (QED) is 0.841. The Kier molecular flexibility index (Phi) is 2.93. The minimum Gasteiger partial charge on any atom is -0.405 e. The standard InChI is InChI=1S/C9H4BrF3N2O3/c10-4-2-5-3(7(16)15-8(17)14-5)1-6(4)18-9(11,12)13/h1-2H,(H2,14,15,16,17). The van der Waals surface area contributed by atoms with E-state index in [2.05, 4.69) is 25.7 Å². The zero-order valence-electron chi connectivity index (χ0n) is 8.39. The number of hydrogen-bond donors (Lipinski definition) is 2. The van der Waals surface area contributed by atoms with Crippen molar-refractivity contribution in [3.05, 3.63) is 37.4 Å². The number of aromatic amines is 2. The molecule has 0 spiro atoms. The number of hydrogen-bond acceptors (Lipinski definition) is 3. The van der Waals surface area contributed by atoms with Gasteiger partial charge in [0, 0.05) is 0 Å². The molecule has 0 saturated heterocycles. The summed E-state index contributed by atoms with van der Waals surface area (Å²) in [6.45, 7) is 0. The smallest absolute Gasteiger partial charge is 0.405 e. The minimum absolute atomic E-state index is 0.0337. The molecule has 0 amide bonds. The van der Waals surface area contributed by atoms with E-state index >= 15 is 0 Å². The molecule has 0 saturated carbocycles. The molecule has 1 heterocycles. The molecule has 0 aliphatic rings. The Morgan fingerprint density at radius 2 is 1.83 bits per heavy atom. The van der Waals surface area contributed by atoms with E-state index in [1.54, 1.807) is 0 Å². The largest absolute Gasteiger partial charge is 0.573 e. The monoisotopic (exact) mass is 324 g/mol. The summed E-state index contributed by atoms with van der Waals surface area (Å²) in [4.78, 5) is 26.6. The van der Waals surface area contributed by atoms with Gasteiger partial charge < -0.3 is 9.72 Å². The van der Waals surface area contributed by atoms with E-state index in [9.17, 15) is 22.8 Å². The van der Waals surface area contributed by atoms with E-state index in [1.807, 2.05) is 4.98 Å². The zero-order valence-corrected chi connectivity index (χ0v) is 9.98. The molecule has 2 N–H and O–H groups in total. The highest BCUT2D eigenvalue weighted by molar-refractivity contribution is 9.10. The van der Waals surface area contributed by atoms with Crippen LogP contribution in [0.15, 0.2) is 26.2 Å². The normalized spacial score (nSPS) is 11.8. The molecular weight excluding hydrogens is 321 g/mol. The van der Waals surface area contributed by atoms with E-state index in [0.717, 1.165) is 12.1 Å². The number of rotatable bonds is 1. The average molecular weight is 325 g/mol. The third-order valence-electron chi connectivity index (χ3n) is 2.02. The third kappa shape index (κ3) is 2.55. The second-order valence-electron chi connectivity index (χ2n) is 3.28. The lowest BCUT2D eigenvalue weighted by atomic mass is 10.2. The molecule has 96 valence electrons. The van der Waals surface area contributed by atoms with Crippen molar-refractivity contribution >= 4 is 26.8 Å². The van der Waals surface area contributed by atoms with E-state index < -0.39 is 23.4 Å². The van der Waals surface area contributed by atoms with Crippen LogP contribution in [-0.2, 0) is 0 Å². The first-order valence-corrected chi connectivity index (χ1v) is 5.27. The zero-order chi connectivity index (χ0) is 13.5. The summed E-state index contributed by atoms with van der Waals surface area (Å²) in [5, 5.41) is -0.114. The van der Waals surface area contributed by atoms with Gasteiger partial charge in [-0.2, -0.15) is 0 Å². The first-order chi connectivity index (χ1) is 8.26. The second-order valence-corrected chi connectivity index (χ2v) is 4.14. The number of benzene rings is 1. The highest BCUT2D eigenvalue weighted by Gasteiger charge is 2.32. The molecule has 5 nitrogen and oxygen atoms in total. The molecule has 0 aliphatic heterocycles. The molecule has 0 aliphatic carbocycles. The van der Waals surface area contributed by atoms with Crippen LogP contribution >= 0.6 is 15.9 Å². The Bertz CT molecular complexity index is 720. The SMILES string of the molecule is O=c1[nH]c(=O)c2cc(OC(F)(F)F)c(Br)cc2[nH]1. The Morgan fingerprint density at radius 1 is 1.17 bits per heavy atom. The van der Waals surface area contributed by atoms with Crippen molar-refractivity contribution in [3.8, 4) is 5.75 Å². The van der Waals surface area contributed by atoms with Crippen LogP contribution in [0, 0.1) is 0 Å². The average Bonchev–Trinajstić information content (AvgIpc) is 2.18. The van der Waals surface area contributed by atoms with Gasteiger partial charge in [0.25, 0.3) is 5.56 Å². The summed E-state index contributed by atoms with van der Waals surface area (Å²) in [5.41, 5.74) is -1.44. The molecule has 0 radical (unpaired) electrons. The number of alkyl halides is 3.